The van der Waals surface area contributed by atoms with Crippen molar-refractivity contribution in [1.29, 1.82) is 5.26 Å². The number of fused-ring (bicyclic) bond motifs is 1. The van der Waals surface area contributed by atoms with Crippen LogP contribution in [0.15, 0.2) is 43.0 Å². The van der Waals surface area contributed by atoms with Crippen molar-refractivity contribution in [2.75, 3.05) is 18.0 Å². The fourth-order valence-corrected chi connectivity index (χ4v) is 3.14. The van der Waals surface area contributed by atoms with E-state index in [1.807, 2.05) is 30.7 Å². The average molecular weight is 304 g/mol. The molecule has 0 radical (unpaired) electrons. The van der Waals surface area contributed by atoms with Gasteiger partial charge in [0.2, 0.25) is 0 Å². The van der Waals surface area contributed by atoms with Crippen LogP contribution >= 0.6 is 0 Å². The van der Waals surface area contributed by atoms with E-state index < -0.39 is 0 Å². The molecule has 1 saturated heterocycles. The molecule has 1 atom stereocenters. The number of aromatic nitrogens is 3. The fourth-order valence-electron chi connectivity index (χ4n) is 3.14. The highest BCUT2D eigenvalue weighted by Gasteiger charge is 2.23. The summed E-state index contributed by atoms with van der Waals surface area (Å²) in [5, 5.41) is 12.7. The van der Waals surface area contributed by atoms with Crippen molar-refractivity contribution in [2.24, 2.45) is 0 Å². The second kappa shape index (κ2) is 5.61. The molecular formula is C17H16N6. The third kappa shape index (κ3) is 2.46. The van der Waals surface area contributed by atoms with Crippen LogP contribution in [-0.4, -0.2) is 34.1 Å². The fraction of sp³-hybridized carbons (Fsp3) is 0.235. The molecule has 0 aliphatic carbocycles. The Morgan fingerprint density at radius 3 is 3.04 bits per heavy atom. The van der Waals surface area contributed by atoms with Gasteiger partial charge in [-0.2, -0.15) is 5.26 Å². The van der Waals surface area contributed by atoms with E-state index in [-0.39, 0.29) is 6.04 Å². The van der Waals surface area contributed by atoms with Gasteiger partial charge in [-0.05, 0) is 30.2 Å². The summed E-state index contributed by atoms with van der Waals surface area (Å²) >= 11 is 0. The van der Waals surface area contributed by atoms with Crippen molar-refractivity contribution in [3.8, 4) is 17.3 Å². The van der Waals surface area contributed by atoms with E-state index >= 15 is 0 Å². The second-order valence-electron chi connectivity index (χ2n) is 5.72. The number of rotatable bonds is 3. The summed E-state index contributed by atoms with van der Waals surface area (Å²) in [6.45, 7) is 1.76. The number of aromatic amines is 1. The predicted molar refractivity (Wildman–Crippen MR) is 88.7 cm³/mol. The van der Waals surface area contributed by atoms with Gasteiger partial charge in [0.1, 0.15) is 5.65 Å². The number of hydrogen-bond donors (Lipinski definition) is 2. The van der Waals surface area contributed by atoms with Gasteiger partial charge in [0.15, 0.2) is 6.19 Å². The zero-order valence-electron chi connectivity index (χ0n) is 12.5. The first-order chi connectivity index (χ1) is 11.3. The Morgan fingerprint density at radius 2 is 2.22 bits per heavy atom. The first kappa shape index (κ1) is 13.6. The van der Waals surface area contributed by atoms with E-state index in [0.29, 0.717) is 0 Å². The number of pyridine rings is 2. The molecule has 1 unspecified atom stereocenters. The van der Waals surface area contributed by atoms with Crippen molar-refractivity contribution in [1.82, 2.24) is 20.3 Å². The van der Waals surface area contributed by atoms with Crippen LogP contribution in [0.25, 0.3) is 22.2 Å². The zero-order chi connectivity index (χ0) is 15.6. The summed E-state index contributed by atoms with van der Waals surface area (Å²) in [6, 6.07) is 6.39. The van der Waals surface area contributed by atoms with E-state index in [1.165, 1.54) is 0 Å². The number of hydrogen-bond acceptors (Lipinski definition) is 5. The minimum Gasteiger partial charge on any atom is -0.368 e. The summed E-state index contributed by atoms with van der Waals surface area (Å²) in [5.74, 6) is 0. The molecule has 3 aromatic rings. The lowest BCUT2D eigenvalue weighted by Gasteiger charge is -2.18. The first-order valence-corrected chi connectivity index (χ1v) is 7.62. The maximum absolute atomic E-state index is 8.76. The lowest BCUT2D eigenvalue weighted by Crippen LogP contribution is -2.29. The van der Waals surface area contributed by atoms with E-state index in [2.05, 4.69) is 31.2 Å². The van der Waals surface area contributed by atoms with Gasteiger partial charge >= 0.3 is 0 Å². The normalized spacial score (nSPS) is 17.3. The van der Waals surface area contributed by atoms with Crippen LogP contribution in [-0.2, 0) is 0 Å². The summed E-state index contributed by atoms with van der Waals surface area (Å²) in [4.78, 5) is 14.1. The van der Waals surface area contributed by atoms with Crippen molar-refractivity contribution in [3.05, 3.63) is 43.0 Å². The van der Waals surface area contributed by atoms with Crippen LogP contribution in [0.4, 0.5) is 5.69 Å². The van der Waals surface area contributed by atoms with E-state index in [1.54, 1.807) is 12.4 Å². The summed E-state index contributed by atoms with van der Waals surface area (Å²) < 4.78 is 0. The quantitative estimate of drug-likeness (QED) is 0.573. The van der Waals surface area contributed by atoms with E-state index in [9.17, 15) is 0 Å². The molecule has 0 spiro atoms. The maximum Gasteiger partial charge on any atom is 0.176 e. The molecule has 6 nitrogen and oxygen atoms in total. The lowest BCUT2D eigenvalue weighted by molar-refractivity contribution is 0.654. The number of H-pyrrole nitrogens is 1. The molecular weight excluding hydrogens is 288 g/mol. The summed E-state index contributed by atoms with van der Waals surface area (Å²) in [7, 11) is 0. The van der Waals surface area contributed by atoms with Crippen LogP contribution in [0.1, 0.15) is 6.42 Å². The van der Waals surface area contributed by atoms with Crippen LogP contribution in [0.5, 0.6) is 0 Å². The highest BCUT2D eigenvalue weighted by molar-refractivity contribution is 5.95. The van der Waals surface area contributed by atoms with Crippen LogP contribution in [0.2, 0.25) is 0 Å². The molecule has 0 bridgehead atoms. The zero-order valence-corrected chi connectivity index (χ0v) is 12.5. The molecule has 1 aliphatic heterocycles. The first-order valence-electron chi connectivity index (χ1n) is 7.62. The molecule has 6 heteroatoms. The van der Waals surface area contributed by atoms with Gasteiger partial charge in [0.25, 0.3) is 0 Å². The third-order valence-corrected chi connectivity index (χ3v) is 4.33. The highest BCUT2D eigenvalue weighted by Crippen LogP contribution is 2.30. The number of anilines is 1. The number of nitriles is 1. The Bertz CT molecular complexity index is 864. The maximum atomic E-state index is 8.76. The van der Waals surface area contributed by atoms with Gasteiger partial charge in [0.05, 0.1) is 17.9 Å². The number of nitrogens with one attached hydrogen (secondary N) is 2. The number of nitrogens with zero attached hydrogens (tertiary/aromatic N) is 4. The van der Waals surface area contributed by atoms with Gasteiger partial charge < -0.3 is 15.2 Å². The molecule has 0 amide bonds. The molecule has 4 rings (SSSR count). The Hall–Kier alpha value is -3.07. The Kier molecular flexibility index (Phi) is 3.31. The van der Waals surface area contributed by atoms with Crippen LogP contribution < -0.4 is 10.2 Å². The predicted octanol–water partition coefficient (Wildman–Crippen LogP) is 2.27. The van der Waals surface area contributed by atoms with E-state index in [0.717, 1.165) is 47.4 Å². The van der Waals surface area contributed by atoms with Gasteiger partial charge in [-0.15, -0.1) is 0 Å². The second-order valence-corrected chi connectivity index (χ2v) is 5.72. The van der Waals surface area contributed by atoms with Crippen molar-refractivity contribution >= 4 is 16.7 Å². The Labute approximate surface area is 133 Å². The molecule has 0 saturated carbocycles. The van der Waals surface area contributed by atoms with Gasteiger partial charge in [-0.25, -0.2) is 4.98 Å². The van der Waals surface area contributed by atoms with E-state index in [4.69, 9.17) is 5.26 Å². The SMILES string of the molecule is N#CNC1CCN(c2cnc3[nH]cc(-c4ccncc4)c3c2)C1. The monoisotopic (exact) mass is 304 g/mol. The minimum absolute atomic E-state index is 0.224. The molecule has 114 valence electrons. The molecule has 1 aliphatic rings. The van der Waals surface area contributed by atoms with Gasteiger partial charge in [-0.1, -0.05) is 0 Å². The third-order valence-electron chi connectivity index (χ3n) is 4.33. The van der Waals surface area contributed by atoms with Gasteiger partial charge in [-0.3, -0.25) is 4.98 Å². The average Bonchev–Trinajstić information content (AvgIpc) is 3.22. The van der Waals surface area contributed by atoms with Crippen LogP contribution in [0, 0.1) is 11.5 Å². The molecule has 3 aromatic heterocycles. The summed E-state index contributed by atoms with van der Waals surface area (Å²) in [6.07, 6.45) is 10.5. The molecule has 1 fully saturated rings. The van der Waals surface area contributed by atoms with Crippen molar-refractivity contribution in [2.45, 2.75) is 12.5 Å². The van der Waals surface area contributed by atoms with Crippen LogP contribution in [0.3, 0.4) is 0 Å². The Morgan fingerprint density at radius 1 is 1.35 bits per heavy atom. The summed E-state index contributed by atoms with van der Waals surface area (Å²) in [5.41, 5.74) is 4.22. The standard InChI is InChI=1S/C17H16N6/c18-11-22-13-3-6-23(10-13)14-7-15-16(9-21-17(15)20-8-14)12-1-4-19-5-2-12/h1-2,4-5,7-9,13,22H,3,6,10H2,(H,20,21). The topological polar surface area (TPSA) is 80.6 Å². The van der Waals surface area contributed by atoms with Crippen molar-refractivity contribution < 1.29 is 0 Å². The lowest BCUT2D eigenvalue weighted by atomic mass is 10.1. The molecule has 23 heavy (non-hydrogen) atoms. The molecule has 2 N–H and O–H groups in total. The largest absolute Gasteiger partial charge is 0.368 e. The molecule has 4 heterocycles. The molecule has 0 aromatic carbocycles. The van der Waals surface area contributed by atoms with Gasteiger partial charge in [0, 0.05) is 42.6 Å². The highest BCUT2D eigenvalue weighted by atomic mass is 15.2. The minimum atomic E-state index is 0.224. The smallest absolute Gasteiger partial charge is 0.176 e. The Balaban J connectivity index is 1.70. The van der Waals surface area contributed by atoms with Crippen molar-refractivity contribution in [3.63, 3.8) is 0 Å².